The molecule has 0 atom stereocenters. The lowest BCUT2D eigenvalue weighted by atomic mass is 10.2. The van der Waals surface area contributed by atoms with Crippen LogP contribution in [0.1, 0.15) is 15.9 Å². The molecule has 0 aliphatic carbocycles. The molecule has 3 aromatic rings. The van der Waals surface area contributed by atoms with E-state index < -0.39 is 16.0 Å². The molecule has 0 aliphatic heterocycles. The highest BCUT2D eigenvalue weighted by Gasteiger charge is 2.17. The van der Waals surface area contributed by atoms with E-state index in [0.717, 1.165) is 0 Å². The second-order valence-corrected chi connectivity index (χ2v) is 7.49. The van der Waals surface area contributed by atoms with E-state index in [0.29, 0.717) is 22.6 Å². The van der Waals surface area contributed by atoms with Crippen LogP contribution in [0.4, 0.5) is 17.3 Å². The van der Waals surface area contributed by atoms with E-state index in [1.54, 1.807) is 55.5 Å². The van der Waals surface area contributed by atoms with Gasteiger partial charge in [0.05, 0.1) is 23.3 Å². The van der Waals surface area contributed by atoms with Gasteiger partial charge < -0.3 is 10.1 Å². The smallest absolute Gasteiger partial charge is 0.339 e. The number of methoxy groups -OCH3 is 1. The molecule has 8 nitrogen and oxygen atoms in total. The molecule has 2 aromatic carbocycles. The molecule has 1 heterocycles. The number of anilines is 3. The van der Waals surface area contributed by atoms with Gasteiger partial charge in [-0.25, -0.2) is 13.2 Å². The first-order chi connectivity index (χ1) is 13.4. The van der Waals surface area contributed by atoms with Gasteiger partial charge in [0.1, 0.15) is 0 Å². The van der Waals surface area contributed by atoms with Gasteiger partial charge in [-0.3, -0.25) is 4.72 Å². The van der Waals surface area contributed by atoms with Gasteiger partial charge in [0, 0.05) is 0 Å². The summed E-state index contributed by atoms with van der Waals surface area (Å²) in [5, 5.41) is 10.8. The maximum absolute atomic E-state index is 12.5. The number of carbonyl (C=O) groups is 1. The minimum Gasteiger partial charge on any atom is -0.465 e. The van der Waals surface area contributed by atoms with E-state index in [1.807, 2.05) is 0 Å². The summed E-state index contributed by atoms with van der Waals surface area (Å²) in [6.07, 6.45) is 0. The molecule has 0 saturated carbocycles. The molecule has 0 bridgehead atoms. The highest BCUT2D eigenvalue weighted by Crippen LogP contribution is 2.21. The first kappa shape index (κ1) is 19.3. The molecule has 0 saturated heterocycles. The molecule has 0 amide bonds. The van der Waals surface area contributed by atoms with Crippen LogP contribution in [0.5, 0.6) is 0 Å². The summed E-state index contributed by atoms with van der Waals surface area (Å²) in [6, 6.07) is 16.5. The third kappa shape index (κ3) is 4.26. The van der Waals surface area contributed by atoms with Crippen LogP contribution < -0.4 is 10.0 Å². The Balaban J connectivity index is 1.78. The van der Waals surface area contributed by atoms with Crippen LogP contribution in [-0.2, 0) is 14.8 Å². The summed E-state index contributed by atoms with van der Waals surface area (Å²) in [4.78, 5) is 12.0. The molecule has 0 unspecified atom stereocenters. The average molecular weight is 398 g/mol. The number of aromatic nitrogens is 2. The van der Waals surface area contributed by atoms with Crippen molar-refractivity contribution in [2.45, 2.75) is 11.8 Å². The van der Waals surface area contributed by atoms with Crippen LogP contribution in [0.2, 0.25) is 0 Å². The summed E-state index contributed by atoms with van der Waals surface area (Å²) in [5.41, 5.74) is 1.47. The quantitative estimate of drug-likeness (QED) is 0.614. The van der Waals surface area contributed by atoms with E-state index >= 15 is 0 Å². The third-order valence-electron chi connectivity index (χ3n) is 3.88. The fourth-order valence-electron chi connectivity index (χ4n) is 2.52. The molecule has 9 heteroatoms. The molecule has 28 heavy (non-hydrogen) atoms. The average Bonchev–Trinajstić information content (AvgIpc) is 2.69. The highest BCUT2D eigenvalue weighted by molar-refractivity contribution is 7.92. The molecule has 0 radical (unpaired) electrons. The number of ether oxygens (including phenoxy) is 1. The largest absolute Gasteiger partial charge is 0.465 e. The van der Waals surface area contributed by atoms with E-state index in [-0.39, 0.29) is 10.7 Å². The van der Waals surface area contributed by atoms with Gasteiger partial charge in [0.15, 0.2) is 11.6 Å². The fraction of sp³-hybridized carbons (Fsp3) is 0.105. The number of aryl methyl sites for hydroxylation is 1. The van der Waals surface area contributed by atoms with Crippen molar-refractivity contribution >= 4 is 33.3 Å². The lowest BCUT2D eigenvalue weighted by molar-refractivity contribution is 0.0602. The number of hydrogen-bond acceptors (Lipinski definition) is 7. The zero-order valence-electron chi connectivity index (χ0n) is 15.2. The second kappa shape index (κ2) is 8.05. The van der Waals surface area contributed by atoms with Gasteiger partial charge in [0.25, 0.3) is 10.0 Å². The molecular weight excluding hydrogens is 380 g/mol. The normalized spacial score (nSPS) is 10.9. The number of carbonyl (C=O) groups excluding carboxylic acids is 1. The maximum Gasteiger partial charge on any atom is 0.339 e. The monoisotopic (exact) mass is 398 g/mol. The number of para-hydroxylation sites is 1. The van der Waals surface area contributed by atoms with Crippen molar-refractivity contribution in [3.63, 3.8) is 0 Å². The van der Waals surface area contributed by atoms with Crippen LogP contribution in [0.25, 0.3) is 0 Å². The van der Waals surface area contributed by atoms with Gasteiger partial charge in [-0.15, -0.1) is 10.2 Å². The number of sulfonamides is 1. The molecule has 0 aliphatic rings. The molecule has 144 valence electrons. The Labute approximate surface area is 162 Å². The number of rotatable bonds is 6. The van der Waals surface area contributed by atoms with E-state index in [2.05, 4.69) is 20.2 Å². The summed E-state index contributed by atoms with van der Waals surface area (Å²) in [6.45, 7) is 1.71. The molecule has 1 aromatic heterocycles. The van der Waals surface area contributed by atoms with Crippen LogP contribution >= 0.6 is 0 Å². The van der Waals surface area contributed by atoms with Crippen LogP contribution in [0.15, 0.2) is 65.6 Å². The first-order valence-corrected chi connectivity index (χ1v) is 9.75. The van der Waals surface area contributed by atoms with Crippen molar-refractivity contribution in [2.24, 2.45) is 0 Å². The number of nitrogens with one attached hydrogen (secondary N) is 2. The Kier molecular flexibility index (Phi) is 5.55. The molecule has 3 rings (SSSR count). The highest BCUT2D eigenvalue weighted by atomic mass is 32.2. The topological polar surface area (TPSA) is 110 Å². The molecule has 2 N–H and O–H groups in total. The van der Waals surface area contributed by atoms with E-state index in [4.69, 9.17) is 4.74 Å². The Morgan fingerprint density at radius 1 is 0.929 bits per heavy atom. The van der Waals surface area contributed by atoms with Crippen molar-refractivity contribution in [1.29, 1.82) is 0 Å². The SMILES string of the molecule is COC(=O)c1ccccc1Nc1ccc(NS(=O)(=O)c2ccccc2C)nn1. The number of benzene rings is 2. The predicted octanol–water partition coefficient (Wildman–Crippen LogP) is 3.12. The lowest BCUT2D eigenvalue weighted by Gasteiger charge is -2.11. The zero-order chi connectivity index (χ0) is 20.1. The Hall–Kier alpha value is -3.46. The Morgan fingerprint density at radius 2 is 1.57 bits per heavy atom. The molecule has 0 fully saturated rings. The molecule has 0 spiro atoms. The van der Waals surface area contributed by atoms with Crippen molar-refractivity contribution in [3.8, 4) is 0 Å². The summed E-state index contributed by atoms with van der Waals surface area (Å²) < 4.78 is 32.2. The summed E-state index contributed by atoms with van der Waals surface area (Å²) in [5.74, 6) is -0.0658. The minimum atomic E-state index is -3.77. The number of nitrogens with zero attached hydrogens (tertiary/aromatic N) is 2. The van der Waals surface area contributed by atoms with Gasteiger partial charge in [-0.05, 0) is 42.8 Å². The Bertz CT molecular complexity index is 1100. The standard InChI is InChI=1S/C19H18N4O4S/c1-13-7-3-6-10-16(13)28(25,26)23-18-12-11-17(21-22-18)20-15-9-5-4-8-14(15)19(24)27-2/h3-12H,1-2H3,(H,20,21)(H,22,23). The summed E-state index contributed by atoms with van der Waals surface area (Å²) >= 11 is 0. The zero-order valence-corrected chi connectivity index (χ0v) is 16.0. The Morgan fingerprint density at radius 3 is 2.25 bits per heavy atom. The van der Waals surface area contributed by atoms with Crippen LogP contribution in [0.3, 0.4) is 0 Å². The lowest BCUT2D eigenvalue weighted by Crippen LogP contribution is -2.15. The van der Waals surface area contributed by atoms with E-state index in [9.17, 15) is 13.2 Å². The van der Waals surface area contributed by atoms with Gasteiger partial charge in [-0.1, -0.05) is 30.3 Å². The van der Waals surface area contributed by atoms with Crippen molar-refractivity contribution < 1.29 is 17.9 Å². The first-order valence-electron chi connectivity index (χ1n) is 8.27. The van der Waals surface area contributed by atoms with Gasteiger partial charge in [0.2, 0.25) is 0 Å². The van der Waals surface area contributed by atoms with Crippen LogP contribution in [-0.4, -0.2) is 31.7 Å². The molecular formula is C19H18N4O4S. The van der Waals surface area contributed by atoms with Crippen molar-refractivity contribution in [2.75, 3.05) is 17.1 Å². The van der Waals surface area contributed by atoms with Crippen molar-refractivity contribution in [3.05, 3.63) is 71.8 Å². The van der Waals surface area contributed by atoms with Crippen molar-refractivity contribution in [1.82, 2.24) is 10.2 Å². The summed E-state index contributed by atoms with van der Waals surface area (Å²) in [7, 11) is -2.47. The van der Waals surface area contributed by atoms with Gasteiger partial charge in [-0.2, -0.15) is 0 Å². The minimum absolute atomic E-state index is 0.0788. The maximum atomic E-state index is 12.5. The number of esters is 1. The predicted molar refractivity (Wildman–Crippen MR) is 105 cm³/mol. The van der Waals surface area contributed by atoms with E-state index in [1.165, 1.54) is 19.2 Å². The fourth-order valence-corrected chi connectivity index (χ4v) is 3.77. The number of hydrogen-bond donors (Lipinski definition) is 2. The second-order valence-electron chi connectivity index (χ2n) is 5.84. The third-order valence-corrected chi connectivity index (χ3v) is 5.40. The van der Waals surface area contributed by atoms with Gasteiger partial charge >= 0.3 is 5.97 Å². The van der Waals surface area contributed by atoms with Crippen LogP contribution in [0, 0.1) is 6.92 Å².